The van der Waals surface area contributed by atoms with Gasteiger partial charge in [0.2, 0.25) is 10.0 Å². The summed E-state index contributed by atoms with van der Waals surface area (Å²) < 4.78 is 30.0. The summed E-state index contributed by atoms with van der Waals surface area (Å²) in [7, 11) is -3.04. The predicted octanol–water partition coefficient (Wildman–Crippen LogP) is 1.60. The first kappa shape index (κ1) is 16.3. The SMILES string of the molecule is CCOc1cccc(CNC2CCN(S(C)(=O)=O)CC2)c1. The molecule has 1 saturated heterocycles. The highest BCUT2D eigenvalue weighted by molar-refractivity contribution is 7.88. The van der Waals surface area contributed by atoms with Crippen LogP contribution in [0.15, 0.2) is 24.3 Å². The van der Waals surface area contributed by atoms with Gasteiger partial charge in [-0.3, -0.25) is 0 Å². The fourth-order valence-corrected chi connectivity index (χ4v) is 3.44. The topological polar surface area (TPSA) is 58.6 Å². The normalized spacial score (nSPS) is 17.8. The maximum Gasteiger partial charge on any atom is 0.211 e. The van der Waals surface area contributed by atoms with E-state index in [1.807, 2.05) is 25.1 Å². The van der Waals surface area contributed by atoms with E-state index in [2.05, 4.69) is 11.4 Å². The molecule has 2 rings (SSSR count). The van der Waals surface area contributed by atoms with Crippen LogP contribution in [0.25, 0.3) is 0 Å². The summed E-state index contributed by atoms with van der Waals surface area (Å²) in [5.41, 5.74) is 1.19. The van der Waals surface area contributed by atoms with Gasteiger partial charge in [0.05, 0.1) is 12.9 Å². The second-order valence-electron chi connectivity index (χ2n) is 5.40. The number of hydrogen-bond donors (Lipinski definition) is 1. The van der Waals surface area contributed by atoms with Crippen LogP contribution in [0.4, 0.5) is 0 Å². The molecule has 1 heterocycles. The standard InChI is InChI=1S/C15H24N2O3S/c1-3-20-15-6-4-5-13(11-15)12-16-14-7-9-17(10-8-14)21(2,18)19/h4-6,11,14,16H,3,7-10,12H2,1-2H3. The summed E-state index contributed by atoms with van der Waals surface area (Å²) in [6.45, 7) is 4.64. The monoisotopic (exact) mass is 312 g/mol. The molecule has 0 aromatic heterocycles. The molecule has 0 saturated carbocycles. The number of rotatable bonds is 6. The van der Waals surface area contributed by atoms with Crippen LogP contribution in [-0.2, 0) is 16.6 Å². The number of piperidine rings is 1. The molecule has 1 fully saturated rings. The molecule has 0 amide bonds. The Morgan fingerprint density at radius 2 is 2.05 bits per heavy atom. The molecule has 118 valence electrons. The maximum atomic E-state index is 11.5. The molecule has 0 aliphatic carbocycles. The highest BCUT2D eigenvalue weighted by Gasteiger charge is 2.24. The fourth-order valence-electron chi connectivity index (χ4n) is 2.57. The van der Waals surface area contributed by atoms with Gasteiger partial charge in [0.15, 0.2) is 0 Å². The smallest absolute Gasteiger partial charge is 0.211 e. The molecule has 0 unspecified atom stereocenters. The third kappa shape index (κ3) is 4.98. The molecule has 1 N–H and O–H groups in total. The zero-order chi connectivity index (χ0) is 15.3. The molecule has 1 aromatic rings. The Morgan fingerprint density at radius 1 is 1.33 bits per heavy atom. The Labute approximate surface area is 127 Å². The third-order valence-electron chi connectivity index (χ3n) is 3.73. The van der Waals surface area contributed by atoms with E-state index in [4.69, 9.17) is 4.74 Å². The second kappa shape index (κ2) is 7.24. The Hall–Kier alpha value is -1.11. The van der Waals surface area contributed by atoms with Gasteiger partial charge < -0.3 is 10.1 Å². The molecule has 0 atom stereocenters. The Balaban J connectivity index is 1.81. The lowest BCUT2D eigenvalue weighted by Gasteiger charge is -2.30. The van der Waals surface area contributed by atoms with E-state index in [0.717, 1.165) is 25.1 Å². The van der Waals surface area contributed by atoms with Crippen molar-refractivity contribution >= 4 is 10.0 Å². The molecule has 1 aromatic carbocycles. The van der Waals surface area contributed by atoms with Gasteiger partial charge in [-0.05, 0) is 37.5 Å². The molecule has 5 nitrogen and oxygen atoms in total. The largest absolute Gasteiger partial charge is 0.494 e. The van der Waals surface area contributed by atoms with Gasteiger partial charge in [-0.25, -0.2) is 12.7 Å². The summed E-state index contributed by atoms with van der Waals surface area (Å²) in [6.07, 6.45) is 3.00. The van der Waals surface area contributed by atoms with Gasteiger partial charge in [-0.2, -0.15) is 0 Å². The van der Waals surface area contributed by atoms with Gasteiger partial charge in [0.25, 0.3) is 0 Å². The predicted molar refractivity (Wildman–Crippen MR) is 83.9 cm³/mol. The van der Waals surface area contributed by atoms with Crippen LogP contribution >= 0.6 is 0 Å². The maximum absolute atomic E-state index is 11.5. The number of hydrogen-bond acceptors (Lipinski definition) is 4. The summed E-state index contributed by atoms with van der Waals surface area (Å²) in [5.74, 6) is 0.892. The molecule has 0 bridgehead atoms. The first-order chi connectivity index (χ1) is 9.99. The second-order valence-corrected chi connectivity index (χ2v) is 7.38. The van der Waals surface area contributed by atoms with Crippen molar-refractivity contribution in [3.63, 3.8) is 0 Å². The minimum absolute atomic E-state index is 0.374. The summed E-state index contributed by atoms with van der Waals surface area (Å²) in [5, 5.41) is 3.50. The third-order valence-corrected chi connectivity index (χ3v) is 5.03. The average molecular weight is 312 g/mol. The lowest BCUT2D eigenvalue weighted by Crippen LogP contribution is -2.44. The van der Waals surface area contributed by atoms with E-state index in [1.165, 1.54) is 11.8 Å². The first-order valence-corrected chi connectivity index (χ1v) is 9.24. The lowest BCUT2D eigenvalue weighted by molar-refractivity contribution is 0.290. The van der Waals surface area contributed by atoms with Crippen molar-refractivity contribution in [1.82, 2.24) is 9.62 Å². The highest BCUT2D eigenvalue weighted by atomic mass is 32.2. The molecular formula is C15H24N2O3S. The van der Waals surface area contributed by atoms with E-state index in [0.29, 0.717) is 25.7 Å². The van der Waals surface area contributed by atoms with Crippen LogP contribution in [-0.4, -0.2) is 44.7 Å². The highest BCUT2D eigenvalue weighted by Crippen LogP contribution is 2.16. The van der Waals surface area contributed by atoms with Crippen molar-refractivity contribution in [2.45, 2.75) is 32.4 Å². The molecule has 0 radical (unpaired) electrons. The van der Waals surface area contributed by atoms with Gasteiger partial charge >= 0.3 is 0 Å². The molecule has 21 heavy (non-hydrogen) atoms. The number of benzene rings is 1. The first-order valence-electron chi connectivity index (χ1n) is 7.39. The van der Waals surface area contributed by atoms with Crippen LogP contribution in [0.2, 0.25) is 0 Å². The fraction of sp³-hybridized carbons (Fsp3) is 0.600. The number of nitrogens with zero attached hydrogens (tertiary/aromatic N) is 1. The molecule has 0 spiro atoms. The van der Waals surface area contributed by atoms with Crippen molar-refractivity contribution in [3.8, 4) is 5.75 Å². The number of ether oxygens (including phenoxy) is 1. The van der Waals surface area contributed by atoms with Gasteiger partial charge in [-0.1, -0.05) is 12.1 Å². The Bertz CT molecular complexity index is 552. The zero-order valence-corrected chi connectivity index (χ0v) is 13.5. The van der Waals surface area contributed by atoms with Crippen molar-refractivity contribution in [3.05, 3.63) is 29.8 Å². The van der Waals surface area contributed by atoms with Crippen molar-refractivity contribution in [2.75, 3.05) is 26.0 Å². The number of nitrogens with one attached hydrogen (secondary N) is 1. The van der Waals surface area contributed by atoms with Crippen molar-refractivity contribution in [2.24, 2.45) is 0 Å². The summed E-state index contributed by atoms with van der Waals surface area (Å²) >= 11 is 0. The van der Waals surface area contributed by atoms with Crippen molar-refractivity contribution < 1.29 is 13.2 Å². The Kier molecular flexibility index (Phi) is 5.61. The van der Waals surface area contributed by atoms with Gasteiger partial charge in [0.1, 0.15) is 5.75 Å². The van der Waals surface area contributed by atoms with Gasteiger partial charge in [0, 0.05) is 25.7 Å². The summed E-state index contributed by atoms with van der Waals surface area (Å²) in [4.78, 5) is 0. The van der Waals surface area contributed by atoms with Crippen LogP contribution in [0, 0.1) is 0 Å². The lowest BCUT2D eigenvalue weighted by atomic mass is 10.1. The molecular weight excluding hydrogens is 288 g/mol. The van der Waals surface area contributed by atoms with Crippen LogP contribution in [0.3, 0.4) is 0 Å². The van der Waals surface area contributed by atoms with E-state index < -0.39 is 10.0 Å². The average Bonchev–Trinajstić information content (AvgIpc) is 2.45. The van der Waals surface area contributed by atoms with Crippen LogP contribution in [0.1, 0.15) is 25.3 Å². The minimum atomic E-state index is -3.04. The van der Waals surface area contributed by atoms with E-state index in [-0.39, 0.29) is 0 Å². The van der Waals surface area contributed by atoms with E-state index in [1.54, 1.807) is 4.31 Å². The van der Waals surface area contributed by atoms with Crippen LogP contribution in [0.5, 0.6) is 5.75 Å². The van der Waals surface area contributed by atoms with Gasteiger partial charge in [-0.15, -0.1) is 0 Å². The van der Waals surface area contributed by atoms with Crippen LogP contribution < -0.4 is 10.1 Å². The molecule has 1 aliphatic rings. The Morgan fingerprint density at radius 3 is 2.67 bits per heavy atom. The number of sulfonamides is 1. The molecule has 6 heteroatoms. The van der Waals surface area contributed by atoms with E-state index >= 15 is 0 Å². The zero-order valence-electron chi connectivity index (χ0n) is 12.7. The summed E-state index contributed by atoms with van der Waals surface area (Å²) in [6, 6.07) is 8.44. The van der Waals surface area contributed by atoms with E-state index in [9.17, 15) is 8.42 Å². The quantitative estimate of drug-likeness (QED) is 0.867. The minimum Gasteiger partial charge on any atom is -0.494 e. The molecule has 1 aliphatic heterocycles. The van der Waals surface area contributed by atoms with Crippen molar-refractivity contribution in [1.29, 1.82) is 0 Å².